The molecule has 0 spiro atoms. The van der Waals surface area contributed by atoms with Crippen LogP contribution in [0.4, 0.5) is 14.5 Å². The van der Waals surface area contributed by atoms with Gasteiger partial charge in [0.25, 0.3) is 6.43 Å². The highest BCUT2D eigenvalue weighted by atomic mass is 35.5. The van der Waals surface area contributed by atoms with Crippen LogP contribution in [-0.4, -0.2) is 19.1 Å². The Balaban J connectivity index is 2.86. The van der Waals surface area contributed by atoms with Gasteiger partial charge in [-0.15, -0.1) is 0 Å². The van der Waals surface area contributed by atoms with Gasteiger partial charge in [0.05, 0.1) is 12.1 Å². The molecule has 2 aromatic rings. The Kier molecular flexibility index (Phi) is 3.52. The van der Waals surface area contributed by atoms with Crippen LogP contribution in [0.25, 0.3) is 10.9 Å². The summed E-state index contributed by atoms with van der Waals surface area (Å²) in [6, 6.07) is 4.54. The molecule has 1 heterocycles. The highest BCUT2D eigenvalue weighted by molar-refractivity contribution is 6.36. The smallest absolute Gasteiger partial charge is 0.280 e. The third-order valence-electron chi connectivity index (χ3n) is 2.61. The van der Waals surface area contributed by atoms with E-state index in [4.69, 9.17) is 16.3 Å². The second kappa shape index (κ2) is 4.94. The molecule has 0 bridgehead atoms. The van der Waals surface area contributed by atoms with Crippen molar-refractivity contribution in [2.75, 3.05) is 19.5 Å². The number of hydrogen-bond acceptors (Lipinski definition) is 3. The molecule has 0 aliphatic rings. The Morgan fingerprint density at radius 3 is 2.67 bits per heavy atom. The highest BCUT2D eigenvalue weighted by Crippen LogP contribution is 2.37. The molecular formula is C12H11ClF2N2O. The minimum absolute atomic E-state index is 0.313. The van der Waals surface area contributed by atoms with Crippen LogP contribution in [0.15, 0.2) is 18.2 Å². The average Bonchev–Trinajstić information content (AvgIpc) is 2.37. The molecule has 1 aromatic carbocycles. The third kappa shape index (κ3) is 2.06. The van der Waals surface area contributed by atoms with Crippen LogP contribution in [0.3, 0.4) is 0 Å². The van der Waals surface area contributed by atoms with E-state index >= 15 is 0 Å². The van der Waals surface area contributed by atoms with Crippen LogP contribution >= 0.6 is 11.6 Å². The van der Waals surface area contributed by atoms with E-state index in [-0.39, 0.29) is 5.69 Å². The largest absolute Gasteiger partial charge is 0.494 e. The van der Waals surface area contributed by atoms with Crippen molar-refractivity contribution in [3.8, 4) is 5.75 Å². The molecule has 0 saturated heterocycles. The molecule has 1 N–H and O–H groups in total. The summed E-state index contributed by atoms with van der Waals surface area (Å²) in [6.45, 7) is 0. The second-order valence-electron chi connectivity index (χ2n) is 3.62. The molecule has 3 nitrogen and oxygen atoms in total. The molecule has 6 heteroatoms. The number of halogens is 3. The number of methoxy groups -OCH3 is 1. The van der Waals surface area contributed by atoms with E-state index in [9.17, 15) is 8.78 Å². The van der Waals surface area contributed by atoms with Crippen molar-refractivity contribution in [3.63, 3.8) is 0 Å². The van der Waals surface area contributed by atoms with Gasteiger partial charge in [0.2, 0.25) is 0 Å². The summed E-state index contributed by atoms with van der Waals surface area (Å²) in [4.78, 5) is 3.92. The summed E-state index contributed by atoms with van der Waals surface area (Å²) in [5.41, 5.74) is 0.513. The van der Waals surface area contributed by atoms with Crippen LogP contribution in [0.2, 0.25) is 5.02 Å². The minimum atomic E-state index is -2.65. The van der Waals surface area contributed by atoms with Gasteiger partial charge in [0.1, 0.15) is 17.0 Å². The molecule has 0 amide bonds. The first-order valence-corrected chi connectivity index (χ1v) is 5.59. The highest BCUT2D eigenvalue weighted by Gasteiger charge is 2.17. The quantitative estimate of drug-likeness (QED) is 0.921. The van der Waals surface area contributed by atoms with Gasteiger partial charge in [-0.3, -0.25) is 0 Å². The summed E-state index contributed by atoms with van der Waals surface area (Å²) in [7, 11) is 3.10. The van der Waals surface area contributed by atoms with Crippen LogP contribution in [0.1, 0.15) is 12.1 Å². The van der Waals surface area contributed by atoms with Crippen LogP contribution < -0.4 is 10.1 Å². The second-order valence-corrected chi connectivity index (χ2v) is 4.03. The van der Waals surface area contributed by atoms with E-state index in [0.717, 1.165) is 0 Å². The van der Waals surface area contributed by atoms with E-state index in [1.807, 2.05) is 0 Å². The molecule has 0 aliphatic heterocycles. The molecule has 0 aliphatic carbocycles. The van der Waals surface area contributed by atoms with E-state index in [0.29, 0.717) is 27.4 Å². The van der Waals surface area contributed by atoms with Crippen molar-refractivity contribution < 1.29 is 13.5 Å². The number of benzene rings is 1. The van der Waals surface area contributed by atoms with Gasteiger partial charge < -0.3 is 10.1 Å². The Labute approximate surface area is 108 Å². The van der Waals surface area contributed by atoms with Gasteiger partial charge in [-0.05, 0) is 18.2 Å². The first-order chi connectivity index (χ1) is 8.58. The summed E-state index contributed by atoms with van der Waals surface area (Å²) >= 11 is 6.08. The zero-order valence-electron chi connectivity index (χ0n) is 9.80. The fourth-order valence-electron chi connectivity index (χ4n) is 1.77. The van der Waals surface area contributed by atoms with Crippen molar-refractivity contribution in [2.45, 2.75) is 6.43 Å². The topological polar surface area (TPSA) is 34.2 Å². The average molecular weight is 273 g/mol. The molecule has 1 aromatic heterocycles. The molecule has 0 atom stereocenters. The predicted molar refractivity (Wildman–Crippen MR) is 67.8 cm³/mol. The normalized spacial score (nSPS) is 11.0. The fourth-order valence-corrected chi connectivity index (χ4v) is 2.02. The van der Waals surface area contributed by atoms with Crippen LogP contribution in [0, 0.1) is 0 Å². The monoisotopic (exact) mass is 272 g/mol. The van der Waals surface area contributed by atoms with Gasteiger partial charge in [-0.25, -0.2) is 13.8 Å². The molecule has 2 rings (SSSR count). The number of nitrogens with one attached hydrogen (secondary N) is 1. The van der Waals surface area contributed by atoms with Crippen LogP contribution in [-0.2, 0) is 0 Å². The number of anilines is 1. The van der Waals surface area contributed by atoms with E-state index in [1.54, 1.807) is 19.2 Å². The lowest BCUT2D eigenvalue weighted by molar-refractivity contribution is 0.146. The maximum Gasteiger partial charge on any atom is 0.280 e. The van der Waals surface area contributed by atoms with Gasteiger partial charge >= 0.3 is 0 Å². The van der Waals surface area contributed by atoms with E-state index < -0.39 is 6.43 Å². The maximum absolute atomic E-state index is 12.8. The SMILES string of the molecule is CNc1cc(C(F)F)nc2c(OC)ccc(Cl)c12. The van der Waals surface area contributed by atoms with Crippen molar-refractivity contribution in [1.82, 2.24) is 4.98 Å². The number of alkyl halides is 2. The molecule has 0 fully saturated rings. The lowest BCUT2D eigenvalue weighted by Crippen LogP contribution is -1.99. The zero-order chi connectivity index (χ0) is 13.3. The number of rotatable bonds is 3. The summed E-state index contributed by atoms with van der Waals surface area (Å²) in [6.07, 6.45) is -2.65. The van der Waals surface area contributed by atoms with Gasteiger partial charge in [-0.2, -0.15) is 0 Å². The van der Waals surface area contributed by atoms with Gasteiger partial charge in [0, 0.05) is 18.1 Å². The van der Waals surface area contributed by atoms with Crippen molar-refractivity contribution in [1.29, 1.82) is 0 Å². The predicted octanol–water partition coefficient (Wildman–Crippen LogP) is 3.88. The Morgan fingerprint density at radius 2 is 2.11 bits per heavy atom. The van der Waals surface area contributed by atoms with Crippen molar-refractivity contribution in [3.05, 3.63) is 28.9 Å². The number of pyridine rings is 1. The lowest BCUT2D eigenvalue weighted by Gasteiger charge is -2.12. The first kappa shape index (κ1) is 12.8. The Hall–Kier alpha value is -1.62. The molecular weight excluding hydrogens is 262 g/mol. The number of ether oxygens (including phenoxy) is 1. The Bertz CT molecular complexity index is 590. The molecule has 96 valence electrons. The van der Waals surface area contributed by atoms with E-state index in [2.05, 4.69) is 10.3 Å². The zero-order valence-corrected chi connectivity index (χ0v) is 10.6. The summed E-state index contributed by atoms with van der Waals surface area (Å²) < 4.78 is 30.7. The number of fused-ring (bicyclic) bond motifs is 1. The Morgan fingerprint density at radius 1 is 1.39 bits per heavy atom. The number of aromatic nitrogens is 1. The van der Waals surface area contributed by atoms with Crippen molar-refractivity contribution >= 4 is 28.2 Å². The maximum atomic E-state index is 12.8. The number of hydrogen-bond donors (Lipinski definition) is 1. The van der Waals surface area contributed by atoms with Crippen LogP contribution in [0.5, 0.6) is 5.75 Å². The van der Waals surface area contributed by atoms with E-state index in [1.165, 1.54) is 13.2 Å². The lowest BCUT2D eigenvalue weighted by atomic mass is 10.1. The first-order valence-electron chi connectivity index (χ1n) is 5.21. The fraction of sp³-hybridized carbons (Fsp3) is 0.250. The van der Waals surface area contributed by atoms with Gasteiger partial charge in [0.15, 0.2) is 0 Å². The van der Waals surface area contributed by atoms with Crippen molar-refractivity contribution in [2.24, 2.45) is 0 Å². The third-order valence-corrected chi connectivity index (χ3v) is 2.92. The molecule has 0 radical (unpaired) electrons. The minimum Gasteiger partial charge on any atom is -0.494 e. The molecule has 18 heavy (non-hydrogen) atoms. The molecule has 0 unspecified atom stereocenters. The standard InChI is InChI=1S/C12H11ClF2N2O/c1-16-7-5-8(12(14)15)17-11-9(18-2)4-3-6(13)10(7)11/h3-5,12H,1-2H3,(H,16,17). The van der Waals surface area contributed by atoms with Gasteiger partial charge in [-0.1, -0.05) is 11.6 Å². The summed E-state index contributed by atoms with van der Waals surface area (Å²) in [5.74, 6) is 0.411. The molecule has 0 saturated carbocycles. The number of nitrogens with zero attached hydrogens (tertiary/aromatic N) is 1. The summed E-state index contributed by atoms with van der Waals surface area (Å²) in [5, 5.41) is 3.85.